The molecule has 1 aromatic carbocycles. The van der Waals surface area contributed by atoms with Gasteiger partial charge in [-0.3, -0.25) is 0 Å². The first-order valence-corrected chi connectivity index (χ1v) is 7.79. The monoisotopic (exact) mass is 269 g/mol. The van der Waals surface area contributed by atoms with Gasteiger partial charge in [0, 0.05) is 19.3 Å². The van der Waals surface area contributed by atoms with Gasteiger partial charge < -0.3 is 10.5 Å². The maximum absolute atomic E-state index is 11.8. The van der Waals surface area contributed by atoms with E-state index in [1.807, 2.05) is 31.2 Å². The van der Waals surface area contributed by atoms with Crippen LogP contribution in [0.1, 0.15) is 17.0 Å². The van der Waals surface area contributed by atoms with Gasteiger partial charge in [-0.05, 0) is 12.5 Å². The predicted molar refractivity (Wildman–Crippen MR) is 71.3 cm³/mol. The third-order valence-electron chi connectivity index (χ3n) is 3.59. The van der Waals surface area contributed by atoms with Gasteiger partial charge in [-0.2, -0.15) is 0 Å². The second kappa shape index (κ2) is 4.33. The molecule has 1 aromatic rings. The van der Waals surface area contributed by atoms with Crippen LogP contribution in [-0.2, 0) is 14.6 Å². The SMILES string of the molecule is COC[C@@]1(N)[C@@H](c2ccc(C)cc2)[C@@H]1S(C)(=O)=O. The van der Waals surface area contributed by atoms with Gasteiger partial charge in [-0.1, -0.05) is 29.8 Å². The van der Waals surface area contributed by atoms with Gasteiger partial charge in [-0.25, -0.2) is 8.42 Å². The smallest absolute Gasteiger partial charge is 0.152 e. The topological polar surface area (TPSA) is 69.4 Å². The molecule has 18 heavy (non-hydrogen) atoms. The zero-order chi connectivity index (χ0) is 13.6. The van der Waals surface area contributed by atoms with E-state index >= 15 is 0 Å². The summed E-state index contributed by atoms with van der Waals surface area (Å²) in [5, 5.41) is -0.548. The highest BCUT2D eigenvalue weighted by atomic mass is 32.2. The average Bonchev–Trinajstić information content (AvgIpc) is 2.86. The molecule has 0 bridgehead atoms. The number of methoxy groups -OCH3 is 1. The summed E-state index contributed by atoms with van der Waals surface area (Å²) >= 11 is 0. The van der Waals surface area contributed by atoms with Crippen LogP contribution in [-0.4, -0.2) is 39.2 Å². The molecule has 5 heteroatoms. The molecule has 0 spiro atoms. The molecule has 2 rings (SSSR count). The molecule has 2 N–H and O–H groups in total. The first-order chi connectivity index (χ1) is 8.30. The maximum Gasteiger partial charge on any atom is 0.152 e. The summed E-state index contributed by atoms with van der Waals surface area (Å²) in [7, 11) is -1.63. The van der Waals surface area contributed by atoms with Crippen molar-refractivity contribution in [3.63, 3.8) is 0 Å². The molecule has 1 saturated carbocycles. The van der Waals surface area contributed by atoms with Gasteiger partial charge in [0.2, 0.25) is 0 Å². The van der Waals surface area contributed by atoms with E-state index in [1.54, 1.807) is 7.11 Å². The van der Waals surface area contributed by atoms with Crippen LogP contribution in [0.3, 0.4) is 0 Å². The van der Waals surface area contributed by atoms with Crippen LogP contribution in [0.4, 0.5) is 0 Å². The minimum atomic E-state index is -3.17. The first kappa shape index (κ1) is 13.5. The fourth-order valence-corrected chi connectivity index (χ4v) is 4.59. The van der Waals surface area contributed by atoms with Crippen LogP contribution in [0.2, 0.25) is 0 Å². The summed E-state index contributed by atoms with van der Waals surface area (Å²) in [5.74, 6) is -0.173. The van der Waals surface area contributed by atoms with Crippen LogP contribution < -0.4 is 5.73 Å². The quantitative estimate of drug-likeness (QED) is 0.879. The molecule has 100 valence electrons. The van der Waals surface area contributed by atoms with Crippen molar-refractivity contribution < 1.29 is 13.2 Å². The summed E-state index contributed by atoms with van der Waals surface area (Å²) in [5.41, 5.74) is 7.51. The minimum Gasteiger partial charge on any atom is -0.383 e. The van der Waals surface area contributed by atoms with Crippen molar-refractivity contribution in [2.24, 2.45) is 5.73 Å². The molecule has 0 unspecified atom stereocenters. The predicted octanol–water partition coefficient (Wildman–Crippen LogP) is 0.849. The fraction of sp³-hybridized carbons (Fsp3) is 0.538. The second-order valence-electron chi connectivity index (χ2n) is 5.18. The minimum absolute atomic E-state index is 0.173. The third-order valence-corrected chi connectivity index (χ3v) is 5.23. The fourth-order valence-electron chi connectivity index (χ4n) is 2.75. The lowest BCUT2D eigenvalue weighted by Crippen LogP contribution is -2.35. The zero-order valence-corrected chi connectivity index (χ0v) is 11.7. The molecular formula is C13H19NO3S. The van der Waals surface area contributed by atoms with E-state index in [1.165, 1.54) is 6.26 Å². The number of benzene rings is 1. The van der Waals surface area contributed by atoms with E-state index in [9.17, 15) is 8.42 Å². The normalized spacial score (nSPS) is 31.3. The largest absolute Gasteiger partial charge is 0.383 e. The van der Waals surface area contributed by atoms with Gasteiger partial charge in [0.25, 0.3) is 0 Å². The van der Waals surface area contributed by atoms with Gasteiger partial charge in [0.1, 0.15) is 0 Å². The van der Waals surface area contributed by atoms with E-state index in [-0.39, 0.29) is 12.5 Å². The van der Waals surface area contributed by atoms with Crippen LogP contribution in [0.5, 0.6) is 0 Å². The lowest BCUT2D eigenvalue weighted by molar-refractivity contribution is 0.171. The Morgan fingerprint density at radius 3 is 2.33 bits per heavy atom. The molecule has 0 aliphatic heterocycles. The van der Waals surface area contributed by atoms with Crippen molar-refractivity contribution in [2.75, 3.05) is 20.0 Å². The summed E-state index contributed by atoms with van der Waals surface area (Å²) in [6, 6.07) is 7.84. The van der Waals surface area contributed by atoms with Crippen molar-refractivity contribution in [3.05, 3.63) is 35.4 Å². The second-order valence-corrected chi connectivity index (χ2v) is 7.35. The summed E-state index contributed by atoms with van der Waals surface area (Å²) in [4.78, 5) is 0. The summed E-state index contributed by atoms with van der Waals surface area (Å²) < 4.78 is 28.7. The van der Waals surface area contributed by atoms with Crippen LogP contribution >= 0.6 is 0 Å². The summed E-state index contributed by atoms with van der Waals surface area (Å²) in [6.45, 7) is 2.25. The number of hydrogen-bond acceptors (Lipinski definition) is 4. The Bertz CT molecular complexity index is 538. The molecule has 1 aliphatic carbocycles. The highest BCUT2D eigenvalue weighted by Gasteiger charge is 2.67. The molecule has 0 heterocycles. The van der Waals surface area contributed by atoms with Crippen LogP contribution in [0.25, 0.3) is 0 Å². The van der Waals surface area contributed by atoms with Crippen molar-refractivity contribution >= 4 is 9.84 Å². The van der Waals surface area contributed by atoms with E-state index in [4.69, 9.17) is 10.5 Å². The van der Waals surface area contributed by atoms with Gasteiger partial charge in [0.15, 0.2) is 9.84 Å². The van der Waals surface area contributed by atoms with Crippen molar-refractivity contribution in [3.8, 4) is 0 Å². The summed E-state index contributed by atoms with van der Waals surface area (Å²) in [6.07, 6.45) is 1.24. The van der Waals surface area contributed by atoms with Crippen molar-refractivity contribution in [1.29, 1.82) is 0 Å². The lowest BCUT2D eigenvalue weighted by Gasteiger charge is -2.10. The van der Waals surface area contributed by atoms with Gasteiger partial charge in [0.05, 0.1) is 17.4 Å². The molecule has 3 atom stereocenters. The van der Waals surface area contributed by atoms with Gasteiger partial charge >= 0.3 is 0 Å². The van der Waals surface area contributed by atoms with Gasteiger partial charge in [-0.15, -0.1) is 0 Å². The maximum atomic E-state index is 11.8. The first-order valence-electron chi connectivity index (χ1n) is 5.84. The van der Waals surface area contributed by atoms with Crippen molar-refractivity contribution in [2.45, 2.75) is 23.6 Å². The van der Waals surface area contributed by atoms with E-state index in [2.05, 4.69) is 0 Å². The molecular weight excluding hydrogens is 250 g/mol. The number of rotatable bonds is 4. The Hall–Kier alpha value is -0.910. The number of nitrogens with two attached hydrogens (primary N) is 1. The highest BCUT2D eigenvalue weighted by Crippen LogP contribution is 2.53. The highest BCUT2D eigenvalue weighted by molar-refractivity contribution is 7.91. The molecule has 0 amide bonds. The van der Waals surface area contributed by atoms with Crippen LogP contribution in [0.15, 0.2) is 24.3 Å². The van der Waals surface area contributed by atoms with Crippen molar-refractivity contribution in [1.82, 2.24) is 0 Å². The zero-order valence-electron chi connectivity index (χ0n) is 10.9. The van der Waals surface area contributed by atoms with E-state index < -0.39 is 20.6 Å². The number of hydrogen-bond donors (Lipinski definition) is 1. The molecule has 0 radical (unpaired) electrons. The lowest BCUT2D eigenvalue weighted by atomic mass is 10.1. The van der Waals surface area contributed by atoms with E-state index in [0.29, 0.717) is 0 Å². The molecule has 4 nitrogen and oxygen atoms in total. The molecule has 1 fully saturated rings. The Morgan fingerprint density at radius 2 is 1.89 bits per heavy atom. The standard InChI is InChI=1S/C13H19NO3S/c1-9-4-6-10(7-5-9)11-12(18(3,15)16)13(11,14)8-17-2/h4-7,11-12H,8,14H2,1-3H3/t11-,12-,13+/m0/s1. The molecule has 0 saturated heterocycles. The van der Waals surface area contributed by atoms with E-state index in [0.717, 1.165) is 11.1 Å². The Labute approximate surface area is 108 Å². The third kappa shape index (κ3) is 2.18. The molecule has 1 aliphatic rings. The Kier molecular flexibility index (Phi) is 3.25. The Balaban J connectivity index is 2.35. The average molecular weight is 269 g/mol. The number of ether oxygens (including phenoxy) is 1. The molecule has 0 aromatic heterocycles. The number of sulfone groups is 1. The van der Waals surface area contributed by atoms with Crippen LogP contribution in [0, 0.1) is 6.92 Å². The number of aryl methyl sites for hydroxylation is 1. The Morgan fingerprint density at radius 1 is 1.33 bits per heavy atom.